The van der Waals surface area contributed by atoms with Gasteiger partial charge in [-0.1, -0.05) is 30.3 Å². The van der Waals surface area contributed by atoms with E-state index < -0.39 is 6.03 Å². The molecule has 2 aromatic carbocycles. The van der Waals surface area contributed by atoms with Crippen molar-refractivity contribution in [3.8, 4) is 0 Å². The van der Waals surface area contributed by atoms with E-state index in [0.29, 0.717) is 6.61 Å². The minimum absolute atomic E-state index is 0.152. The van der Waals surface area contributed by atoms with Gasteiger partial charge in [-0.25, -0.2) is 4.79 Å². The Bertz CT molecular complexity index is 690. The van der Waals surface area contributed by atoms with Crippen LogP contribution in [0.4, 0.5) is 4.79 Å². The second-order valence-corrected chi connectivity index (χ2v) is 6.22. The fourth-order valence-corrected chi connectivity index (χ4v) is 2.86. The average Bonchev–Trinajstić information content (AvgIpc) is 2.52. The van der Waals surface area contributed by atoms with Crippen LogP contribution < -0.4 is 10.6 Å². The summed E-state index contributed by atoms with van der Waals surface area (Å²) in [6.45, 7) is 2.20. The van der Waals surface area contributed by atoms with Gasteiger partial charge in [0.05, 0.1) is 18.4 Å². The topological polar surface area (TPSA) is 67.4 Å². The standard InChI is InChI=1S/C17H20N2O3S/c1-12(10-22-2)18-17(21)19-16(20)11-23-15-8-7-13-5-3-4-6-14(13)9-15/h3-9,12H,10-11H2,1-2H3,(H2,18,19,20,21). The third-order valence-corrected chi connectivity index (χ3v) is 4.13. The zero-order valence-corrected chi connectivity index (χ0v) is 14.0. The zero-order valence-electron chi connectivity index (χ0n) is 13.2. The first-order chi connectivity index (χ1) is 11.1. The van der Waals surface area contributed by atoms with Crippen LogP contribution in [0.1, 0.15) is 6.92 Å². The fraction of sp³-hybridized carbons (Fsp3) is 0.294. The highest BCUT2D eigenvalue weighted by atomic mass is 32.2. The van der Waals surface area contributed by atoms with Gasteiger partial charge < -0.3 is 10.1 Å². The number of benzene rings is 2. The van der Waals surface area contributed by atoms with Gasteiger partial charge in [-0.2, -0.15) is 0 Å². The lowest BCUT2D eigenvalue weighted by Gasteiger charge is -2.12. The molecule has 0 aliphatic rings. The van der Waals surface area contributed by atoms with Crippen molar-refractivity contribution in [1.29, 1.82) is 0 Å². The first kappa shape index (κ1) is 17.3. The summed E-state index contributed by atoms with van der Waals surface area (Å²) in [5.74, 6) is -0.144. The molecule has 2 N–H and O–H groups in total. The normalized spacial score (nSPS) is 11.9. The highest BCUT2D eigenvalue weighted by Crippen LogP contribution is 2.23. The molecule has 0 saturated heterocycles. The number of amides is 3. The third kappa shape index (κ3) is 5.58. The molecule has 122 valence electrons. The number of carbonyl (C=O) groups excluding carboxylic acids is 2. The quantitative estimate of drug-likeness (QED) is 0.798. The van der Waals surface area contributed by atoms with Crippen molar-refractivity contribution in [1.82, 2.24) is 10.6 Å². The van der Waals surface area contributed by atoms with E-state index in [1.165, 1.54) is 11.8 Å². The minimum Gasteiger partial charge on any atom is -0.383 e. The van der Waals surface area contributed by atoms with Gasteiger partial charge in [0.25, 0.3) is 0 Å². The first-order valence-electron chi connectivity index (χ1n) is 7.29. The lowest BCUT2D eigenvalue weighted by atomic mass is 10.1. The second kappa shape index (κ2) is 8.55. The molecule has 2 rings (SSSR count). The van der Waals surface area contributed by atoms with E-state index in [1.54, 1.807) is 14.0 Å². The molecule has 2 aromatic rings. The molecule has 0 radical (unpaired) electrons. The summed E-state index contributed by atoms with van der Waals surface area (Å²) in [6, 6.07) is 13.4. The summed E-state index contributed by atoms with van der Waals surface area (Å²) in [6.07, 6.45) is 0. The number of urea groups is 1. The van der Waals surface area contributed by atoms with Crippen LogP contribution in [0, 0.1) is 0 Å². The highest BCUT2D eigenvalue weighted by molar-refractivity contribution is 8.00. The summed E-state index contributed by atoms with van der Waals surface area (Å²) in [4.78, 5) is 24.4. The zero-order chi connectivity index (χ0) is 16.7. The number of rotatable bonds is 6. The van der Waals surface area contributed by atoms with Gasteiger partial charge in [0.15, 0.2) is 0 Å². The Morgan fingerprint density at radius 3 is 2.65 bits per heavy atom. The molecule has 0 bridgehead atoms. The summed E-state index contributed by atoms with van der Waals surface area (Å²) >= 11 is 1.40. The van der Waals surface area contributed by atoms with E-state index in [0.717, 1.165) is 15.7 Å². The largest absolute Gasteiger partial charge is 0.383 e. The van der Waals surface area contributed by atoms with Crippen molar-refractivity contribution >= 4 is 34.5 Å². The van der Waals surface area contributed by atoms with E-state index in [4.69, 9.17) is 4.74 Å². The number of hydrogen-bond donors (Lipinski definition) is 2. The Labute approximate surface area is 139 Å². The Morgan fingerprint density at radius 2 is 1.91 bits per heavy atom. The van der Waals surface area contributed by atoms with Crippen molar-refractivity contribution in [2.45, 2.75) is 17.9 Å². The molecule has 0 heterocycles. The van der Waals surface area contributed by atoms with Crippen molar-refractivity contribution in [3.05, 3.63) is 42.5 Å². The second-order valence-electron chi connectivity index (χ2n) is 5.18. The Balaban J connectivity index is 1.82. The maximum Gasteiger partial charge on any atom is 0.321 e. The number of hydrogen-bond acceptors (Lipinski definition) is 4. The molecule has 0 saturated carbocycles. The molecule has 0 aromatic heterocycles. The van der Waals surface area contributed by atoms with Crippen molar-refractivity contribution in [2.75, 3.05) is 19.5 Å². The van der Waals surface area contributed by atoms with Crippen LogP contribution in [-0.2, 0) is 9.53 Å². The van der Waals surface area contributed by atoms with E-state index in [9.17, 15) is 9.59 Å². The molecule has 23 heavy (non-hydrogen) atoms. The predicted octanol–water partition coefficient (Wildman–Crippen LogP) is 2.79. The number of fused-ring (bicyclic) bond motifs is 1. The van der Waals surface area contributed by atoms with Crippen LogP contribution in [0.15, 0.2) is 47.4 Å². The molecular formula is C17H20N2O3S. The molecule has 5 nitrogen and oxygen atoms in total. The average molecular weight is 332 g/mol. The summed E-state index contributed by atoms with van der Waals surface area (Å²) < 4.78 is 4.92. The Morgan fingerprint density at radius 1 is 1.17 bits per heavy atom. The lowest BCUT2D eigenvalue weighted by Crippen LogP contribution is -2.45. The van der Waals surface area contributed by atoms with Gasteiger partial charge in [-0.05, 0) is 29.8 Å². The van der Waals surface area contributed by atoms with Gasteiger partial charge in [0.1, 0.15) is 0 Å². The Hall–Kier alpha value is -2.05. The maximum atomic E-state index is 11.8. The third-order valence-electron chi connectivity index (χ3n) is 3.14. The van der Waals surface area contributed by atoms with E-state index in [2.05, 4.69) is 10.6 Å². The van der Waals surface area contributed by atoms with Crippen LogP contribution in [0.25, 0.3) is 10.8 Å². The van der Waals surface area contributed by atoms with Gasteiger partial charge in [-0.15, -0.1) is 11.8 Å². The van der Waals surface area contributed by atoms with Crippen molar-refractivity contribution < 1.29 is 14.3 Å². The smallest absolute Gasteiger partial charge is 0.321 e. The molecule has 1 unspecified atom stereocenters. The fourth-order valence-electron chi connectivity index (χ4n) is 2.12. The van der Waals surface area contributed by atoms with E-state index in [1.807, 2.05) is 42.5 Å². The lowest BCUT2D eigenvalue weighted by molar-refractivity contribution is -0.117. The molecule has 3 amide bonds. The molecule has 1 atom stereocenters. The SMILES string of the molecule is COCC(C)NC(=O)NC(=O)CSc1ccc2ccccc2c1. The monoisotopic (exact) mass is 332 g/mol. The predicted molar refractivity (Wildman–Crippen MR) is 92.7 cm³/mol. The van der Waals surface area contributed by atoms with Crippen LogP contribution >= 0.6 is 11.8 Å². The molecular weight excluding hydrogens is 312 g/mol. The summed E-state index contributed by atoms with van der Waals surface area (Å²) in [7, 11) is 1.56. The molecule has 0 aliphatic heterocycles. The molecule has 6 heteroatoms. The minimum atomic E-state index is -0.501. The molecule has 0 spiro atoms. The van der Waals surface area contributed by atoms with E-state index >= 15 is 0 Å². The van der Waals surface area contributed by atoms with Gasteiger partial charge in [-0.3, -0.25) is 10.1 Å². The van der Waals surface area contributed by atoms with Gasteiger partial charge in [0.2, 0.25) is 5.91 Å². The number of carbonyl (C=O) groups is 2. The number of methoxy groups -OCH3 is 1. The van der Waals surface area contributed by atoms with Crippen LogP contribution in [0.5, 0.6) is 0 Å². The van der Waals surface area contributed by atoms with E-state index in [-0.39, 0.29) is 17.7 Å². The molecule has 0 aliphatic carbocycles. The van der Waals surface area contributed by atoms with Crippen LogP contribution in [-0.4, -0.2) is 37.4 Å². The highest BCUT2D eigenvalue weighted by Gasteiger charge is 2.11. The summed E-state index contributed by atoms with van der Waals surface area (Å²) in [5, 5.41) is 7.23. The number of thioether (sulfide) groups is 1. The van der Waals surface area contributed by atoms with Crippen LogP contribution in [0.3, 0.4) is 0 Å². The summed E-state index contributed by atoms with van der Waals surface area (Å²) in [5.41, 5.74) is 0. The van der Waals surface area contributed by atoms with Gasteiger partial charge >= 0.3 is 6.03 Å². The maximum absolute atomic E-state index is 11.8. The number of nitrogens with one attached hydrogen (secondary N) is 2. The Kier molecular flexibility index (Phi) is 6.43. The first-order valence-corrected chi connectivity index (χ1v) is 8.28. The van der Waals surface area contributed by atoms with Crippen LogP contribution in [0.2, 0.25) is 0 Å². The van der Waals surface area contributed by atoms with Crippen molar-refractivity contribution in [3.63, 3.8) is 0 Å². The number of imide groups is 1. The van der Waals surface area contributed by atoms with Gasteiger partial charge in [0, 0.05) is 12.0 Å². The molecule has 0 fully saturated rings. The van der Waals surface area contributed by atoms with Crippen molar-refractivity contribution in [2.24, 2.45) is 0 Å². The number of ether oxygens (including phenoxy) is 1.